The van der Waals surface area contributed by atoms with Crippen molar-refractivity contribution in [2.75, 3.05) is 17.2 Å². The first kappa shape index (κ1) is 19.6. The smallest absolute Gasteiger partial charge is 0.325 e. The molecule has 1 atom stereocenters. The number of amides is 5. The Balaban J connectivity index is 1.47. The van der Waals surface area contributed by atoms with Gasteiger partial charge >= 0.3 is 6.03 Å². The molecule has 30 heavy (non-hydrogen) atoms. The fourth-order valence-electron chi connectivity index (χ4n) is 4.14. The Morgan fingerprint density at radius 1 is 1.03 bits per heavy atom. The van der Waals surface area contributed by atoms with E-state index in [1.807, 2.05) is 24.3 Å². The molecule has 1 aliphatic heterocycles. The van der Waals surface area contributed by atoms with E-state index in [4.69, 9.17) is 0 Å². The predicted molar refractivity (Wildman–Crippen MR) is 111 cm³/mol. The zero-order valence-electron chi connectivity index (χ0n) is 16.5. The van der Waals surface area contributed by atoms with Crippen LogP contribution < -0.4 is 16.0 Å². The minimum Gasteiger partial charge on any atom is -0.326 e. The highest BCUT2D eigenvalue weighted by Crippen LogP contribution is 2.39. The molecule has 0 saturated carbocycles. The lowest BCUT2D eigenvalue weighted by atomic mass is 9.76. The van der Waals surface area contributed by atoms with Gasteiger partial charge in [0.1, 0.15) is 12.1 Å². The summed E-state index contributed by atoms with van der Waals surface area (Å²) in [6.45, 7) is 1.04. The standard InChI is InChI=1S/C22H22N4O4/c1-14(27)23-16-8-10-17(11-9-16)24-19(28)13-26-20(29)22(25-21(26)30)12-4-6-15-5-2-3-7-18(15)22/h2-3,5,7-11H,4,6,12-13H2,1H3,(H,23,27)(H,24,28)(H,25,30). The summed E-state index contributed by atoms with van der Waals surface area (Å²) >= 11 is 0. The molecule has 8 heteroatoms. The second-order valence-corrected chi connectivity index (χ2v) is 7.54. The Morgan fingerprint density at radius 2 is 1.70 bits per heavy atom. The number of urea groups is 1. The van der Waals surface area contributed by atoms with Crippen LogP contribution in [0.15, 0.2) is 48.5 Å². The summed E-state index contributed by atoms with van der Waals surface area (Å²) in [5, 5.41) is 8.15. The zero-order valence-corrected chi connectivity index (χ0v) is 16.5. The Morgan fingerprint density at radius 3 is 2.40 bits per heavy atom. The number of hydrogen-bond acceptors (Lipinski definition) is 4. The van der Waals surface area contributed by atoms with Crippen LogP contribution in [0, 0.1) is 0 Å². The fraction of sp³-hybridized carbons (Fsp3) is 0.273. The number of nitrogens with zero attached hydrogens (tertiary/aromatic N) is 1. The summed E-state index contributed by atoms with van der Waals surface area (Å²) in [6, 6.07) is 13.6. The number of carbonyl (C=O) groups excluding carboxylic acids is 4. The van der Waals surface area contributed by atoms with E-state index in [0.717, 1.165) is 28.9 Å². The van der Waals surface area contributed by atoms with Gasteiger partial charge in [-0.25, -0.2) is 4.79 Å². The summed E-state index contributed by atoms with van der Waals surface area (Å²) in [6.07, 6.45) is 2.15. The van der Waals surface area contributed by atoms with E-state index in [9.17, 15) is 19.2 Å². The molecule has 1 unspecified atom stereocenters. The third-order valence-electron chi connectivity index (χ3n) is 5.44. The monoisotopic (exact) mass is 406 g/mol. The molecule has 0 aromatic heterocycles. The van der Waals surface area contributed by atoms with Crippen molar-refractivity contribution in [1.82, 2.24) is 10.2 Å². The molecule has 1 aliphatic carbocycles. The first-order valence-corrected chi connectivity index (χ1v) is 9.79. The van der Waals surface area contributed by atoms with Gasteiger partial charge in [-0.15, -0.1) is 0 Å². The summed E-state index contributed by atoms with van der Waals surface area (Å²) in [4.78, 5) is 50.3. The number of aryl methyl sites for hydroxylation is 1. The van der Waals surface area contributed by atoms with E-state index < -0.39 is 23.4 Å². The highest BCUT2D eigenvalue weighted by atomic mass is 16.2. The molecular formula is C22H22N4O4. The first-order valence-electron chi connectivity index (χ1n) is 9.79. The van der Waals surface area contributed by atoms with Gasteiger partial charge < -0.3 is 16.0 Å². The Kier molecular flexibility index (Phi) is 4.99. The van der Waals surface area contributed by atoms with Crippen LogP contribution in [-0.4, -0.2) is 35.2 Å². The SMILES string of the molecule is CC(=O)Nc1ccc(NC(=O)CN2C(=O)NC3(CCCc4ccccc43)C2=O)cc1. The Hall–Kier alpha value is -3.68. The number of imide groups is 1. The van der Waals surface area contributed by atoms with Gasteiger partial charge in [0, 0.05) is 18.3 Å². The van der Waals surface area contributed by atoms with Crippen LogP contribution in [0.3, 0.4) is 0 Å². The van der Waals surface area contributed by atoms with Crippen molar-refractivity contribution >= 4 is 35.1 Å². The second kappa shape index (κ2) is 7.62. The van der Waals surface area contributed by atoms with Gasteiger partial charge in [-0.05, 0) is 54.7 Å². The molecule has 5 amide bonds. The van der Waals surface area contributed by atoms with E-state index >= 15 is 0 Å². The summed E-state index contributed by atoms with van der Waals surface area (Å²) in [5.74, 6) is -1.06. The molecule has 3 N–H and O–H groups in total. The molecule has 1 fully saturated rings. The molecule has 8 nitrogen and oxygen atoms in total. The van der Waals surface area contributed by atoms with E-state index in [1.54, 1.807) is 24.3 Å². The highest BCUT2D eigenvalue weighted by molar-refractivity contribution is 6.10. The van der Waals surface area contributed by atoms with Crippen LogP contribution >= 0.6 is 0 Å². The normalized spacial score (nSPS) is 20.0. The minimum atomic E-state index is -1.09. The maximum Gasteiger partial charge on any atom is 0.325 e. The van der Waals surface area contributed by atoms with Crippen LogP contribution in [-0.2, 0) is 26.3 Å². The van der Waals surface area contributed by atoms with Crippen molar-refractivity contribution in [1.29, 1.82) is 0 Å². The van der Waals surface area contributed by atoms with Crippen LogP contribution in [0.5, 0.6) is 0 Å². The number of hydrogen-bond donors (Lipinski definition) is 3. The molecule has 1 saturated heterocycles. The summed E-state index contributed by atoms with van der Waals surface area (Å²) in [5.41, 5.74) is 1.87. The number of nitrogens with one attached hydrogen (secondary N) is 3. The predicted octanol–water partition coefficient (Wildman–Crippen LogP) is 2.37. The molecule has 2 aromatic carbocycles. The third kappa shape index (κ3) is 3.52. The van der Waals surface area contributed by atoms with E-state index in [1.165, 1.54) is 6.92 Å². The van der Waals surface area contributed by atoms with E-state index in [0.29, 0.717) is 17.8 Å². The van der Waals surface area contributed by atoms with Crippen molar-refractivity contribution in [2.24, 2.45) is 0 Å². The Labute approximate surface area is 173 Å². The van der Waals surface area contributed by atoms with Crippen molar-refractivity contribution in [2.45, 2.75) is 31.7 Å². The maximum atomic E-state index is 13.2. The lowest BCUT2D eigenvalue weighted by Crippen LogP contribution is -2.47. The van der Waals surface area contributed by atoms with E-state index in [2.05, 4.69) is 16.0 Å². The average molecular weight is 406 g/mol. The third-order valence-corrected chi connectivity index (χ3v) is 5.44. The van der Waals surface area contributed by atoms with Crippen molar-refractivity contribution in [3.8, 4) is 0 Å². The van der Waals surface area contributed by atoms with E-state index in [-0.39, 0.29) is 12.5 Å². The summed E-state index contributed by atoms with van der Waals surface area (Å²) in [7, 11) is 0. The summed E-state index contributed by atoms with van der Waals surface area (Å²) < 4.78 is 0. The van der Waals surface area contributed by atoms with Gasteiger partial charge in [0.2, 0.25) is 11.8 Å². The lowest BCUT2D eigenvalue weighted by molar-refractivity contribution is -0.134. The van der Waals surface area contributed by atoms with Crippen molar-refractivity contribution < 1.29 is 19.2 Å². The number of fused-ring (bicyclic) bond motifs is 2. The lowest BCUT2D eigenvalue weighted by Gasteiger charge is -2.33. The largest absolute Gasteiger partial charge is 0.326 e. The number of rotatable bonds is 4. The Bertz CT molecular complexity index is 1030. The highest BCUT2D eigenvalue weighted by Gasteiger charge is 2.54. The van der Waals surface area contributed by atoms with Gasteiger partial charge in [0.15, 0.2) is 0 Å². The van der Waals surface area contributed by atoms with Gasteiger partial charge in [-0.3, -0.25) is 19.3 Å². The van der Waals surface area contributed by atoms with Crippen LogP contribution in [0.25, 0.3) is 0 Å². The quantitative estimate of drug-likeness (QED) is 0.678. The van der Waals surface area contributed by atoms with Gasteiger partial charge in [0.25, 0.3) is 5.91 Å². The fourth-order valence-corrected chi connectivity index (χ4v) is 4.14. The van der Waals surface area contributed by atoms with Gasteiger partial charge in [-0.1, -0.05) is 24.3 Å². The molecule has 1 spiro atoms. The molecule has 0 radical (unpaired) electrons. The average Bonchev–Trinajstić information content (AvgIpc) is 2.94. The van der Waals surface area contributed by atoms with Crippen LogP contribution in [0.2, 0.25) is 0 Å². The number of benzene rings is 2. The van der Waals surface area contributed by atoms with Gasteiger partial charge in [0.05, 0.1) is 0 Å². The molecule has 2 aromatic rings. The molecule has 1 heterocycles. The second-order valence-electron chi connectivity index (χ2n) is 7.54. The molecule has 0 bridgehead atoms. The van der Waals surface area contributed by atoms with Crippen molar-refractivity contribution in [3.05, 3.63) is 59.7 Å². The zero-order chi connectivity index (χ0) is 21.3. The topological polar surface area (TPSA) is 108 Å². The minimum absolute atomic E-state index is 0.191. The van der Waals surface area contributed by atoms with Crippen molar-refractivity contribution in [3.63, 3.8) is 0 Å². The van der Waals surface area contributed by atoms with Crippen LogP contribution in [0.4, 0.5) is 16.2 Å². The molecule has 154 valence electrons. The van der Waals surface area contributed by atoms with Gasteiger partial charge in [-0.2, -0.15) is 0 Å². The first-order chi connectivity index (χ1) is 14.4. The van der Waals surface area contributed by atoms with Crippen LogP contribution in [0.1, 0.15) is 30.9 Å². The number of carbonyl (C=O) groups is 4. The maximum absolute atomic E-state index is 13.2. The molecule has 4 rings (SSSR count). The molecular weight excluding hydrogens is 384 g/mol. The number of anilines is 2. The molecule has 2 aliphatic rings.